The first kappa shape index (κ1) is 17.5. The van der Waals surface area contributed by atoms with Gasteiger partial charge in [0.1, 0.15) is 17.4 Å². The van der Waals surface area contributed by atoms with Crippen molar-refractivity contribution in [3.05, 3.63) is 63.6 Å². The van der Waals surface area contributed by atoms with Gasteiger partial charge in [0.05, 0.1) is 23.3 Å². The molecule has 2 aromatic rings. The molecule has 0 aliphatic rings. The fourth-order valence-electron chi connectivity index (χ4n) is 1.92. The van der Waals surface area contributed by atoms with E-state index >= 15 is 0 Å². The minimum Gasteiger partial charge on any atom is -0.467 e. The number of carbonyl (C=O) groups is 1. The molecule has 0 radical (unpaired) electrons. The first-order chi connectivity index (χ1) is 11.2. The van der Waals surface area contributed by atoms with Crippen LogP contribution < -0.4 is 5.32 Å². The lowest BCUT2D eigenvalue weighted by Crippen LogP contribution is -2.29. The monoisotopic (exact) mass is 344 g/mol. The third-order valence-corrected chi connectivity index (χ3v) is 3.09. The summed E-state index contributed by atoms with van der Waals surface area (Å²) >= 11 is 0. The summed E-state index contributed by atoms with van der Waals surface area (Å²) in [5.74, 6) is -0.821. The summed E-state index contributed by atoms with van der Waals surface area (Å²) in [4.78, 5) is 21.8. The third-order valence-electron chi connectivity index (χ3n) is 3.09. The van der Waals surface area contributed by atoms with Crippen LogP contribution in [0.1, 0.15) is 27.8 Å². The van der Waals surface area contributed by atoms with Gasteiger partial charge in [-0.2, -0.15) is 13.2 Å². The van der Waals surface area contributed by atoms with E-state index in [4.69, 9.17) is 4.42 Å². The minimum atomic E-state index is -4.77. The smallest absolute Gasteiger partial charge is 0.416 e. The maximum atomic E-state index is 12.6. The summed E-state index contributed by atoms with van der Waals surface area (Å²) in [5, 5.41) is 22.9. The largest absolute Gasteiger partial charge is 0.467 e. The molecule has 2 N–H and O–H groups in total. The average Bonchev–Trinajstić information content (AvgIpc) is 3.05. The highest BCUT2D eigenvalue weighted by molar-refractivity contribution is 5.98. The molecule has 0 fully saturated rings. The van der Waals surface area contributed by atoms with Crippen molar-refractivity contribution in [1.82, 2.24) is 5.32 Å². The van der Waals surface area contributed by atoms with Crippen LogP contribution in [0.3, 0.4) is 0 Å². The Morgan fingerprint density at radius 3 is 2.62 bits per heavy atom. The van der Waals surface area contributed by atoms with E-state index in [2.05, 4.69) is 5.32 Å². The lowest BCUT2D eigenvalue weighted by atomic mass is 10.1. The molecule has 1 unspecified atom stereocenters. The fraction of sp³-hybridized carbons (Fsp3) is 0.214. The van der Waals surface area contributed by atoms with Crippen LogP contribution in [0.4, 0.5) is 18.9 Å². The van der Waals surface area contributed by atoms with Crippen LogP contribution in [0.15, 0.2) is 41.0 Å². The maximum absolute atomic E-state index is 12.6. The average molecular weight is 344 g/mol. The molecule has 0 saturated heterocycles. The highest BCUT2D eigenvalue weighted by atomic mass is 19.4. The minimum absolute atomic E-state index is 0.164. The van der Waals surface area contributed by atoms with Gasteiger partial charge in [-0.3, -0.25) is 14.9 Å². The zero-order valence-electron chi connectivity index (χ0n) is 11.9. The first-order valence-electron chi connectivity index (χ1n) is 6.55. The molecular formula is C14H11F3N2O5. The highest BCUT2D eigenvalue weighted by Gasteiger charge is 2.34. The highest BCUT2D eigenvalue weighted by Crippen LogP contribution is 2.33. The molecule has 1 aromatic carbocycles. The number of hydrogen-bond acceptors (Lipinski definition) is 5. The quantitative estimate of drug-likeness (QED) is 0.641. The Morgan fingerprint density at radius 1 is 1.38 bits per heavy atom. The van der Waals surface area contributed by atoms with E-state index in [1.54, 1.807) is 0 Å². The number of halogens is 3. The van der Waals surface area contributed by atoms with Gasteiger partial charge in [-0.25, -0.2) is 0 Å². The summed E-state index contributed by atoms with van der Waals surface area (Å²) in [6.07, 6.45) is -4.66. The van der Waals surface area contributed by atoms with Crippen molar-refractivity contribution >= 4 is 11.6 Å². The van der Waals surface area contributed by atoms with E-state index < -0.39 is 39.9 Å². The van der Waals surface area contributed by atoms with Gasteiger partial charge < -0.3 is 14.8 Å². The Bertz CT molecular complexity index is 743. The van der Waals surface area contributed by atoms with Crippen molar-refractivity contribution in [3.63, 3.8) is 0 Å². The number of aliphatic hydroxyl groups is 1. The summed E-state index contributed by atoms with van der Waals surface area (Å²) in [6, 6.07) is 4.55. The van der Waals surface area contributed by atoms with Crippen molar-refractivity contribution in [1.29, 1.82) is 0 Å². The topological polar surface area (TPSA) is 106 Å². The van der Waals surface area contributed by atoms with E-state index in [-0.39, 0.29) is 18.4 Å². The summed E-state index contributed by atoms with van der Waals surface area (Å²) in [6.45, 7) is -0.329. The summed E-state index contributed by atoms with van der Waals surface area (Å²) in [7, 11) is 0. The molecule has 2 rings (SSSR count). The van der Waals surface area contributed by atoms with Crippen LogP contribution >= 0.6 is 0 Å². The number of nitrogens with zero attached hydrogens (tertiary/aromatic N) is 1. The van der Waals surface area contributed by atoms with E-state index in [0.717, 1.165) is 6.07 Å². The predicted molar refractivity (Wildman–Crippen MR) is 74.1 cm³/mol. The van der Waals surface area contributed by atoms with Gasteiger partial charge in [0.25, 0.3) is 11.6 Å². The van der Waals surface area contributed by atoms with Gasteiger partial charge in [0.15, 0.2) is 0 Å². The number of carbonyl (C=O) groups excluding carboxylic acids is 1. The second kappa shape index (κ2) is 6.71. The van der Waals surface area contributed by atoms with Crippen LogP contribution in [-0.2, 0) is 6.18 Å². The van der Waals surface area contributed by atoms with Gasteiger partial charge in [-0.15, -0.1) is 0 Å². The molecular weight excluding hydrogens is 333 g/mol. The number of furan rings is 1. The summed E-state index contributed by atoms with van der Waals surface area (Å²) < 4.78 is 42.7. The van der Waals surface area contributed by atoms with Crippen LogP contribution in [-0.4, -0.2) is 22.5 Å². The Morgan fingerprint density at radius 2 is 2.08 bits per heavy atom. The zero-order chi connectivity index (χ0) is 17.9. The lowest BCUT2D eigenvalue weighted by Gasteiger charge is -2.11. The molecule has 0 spiro atoms. The molecule has 0 aliphatic carbocycles. The van der Waals surface area contributed by atoms with Crippen LogP contribution in [0, 0.1) is 10.1 Å². The van der Waals surface area contributed by atoms with Gasteiger partial charge in [-0.1, -0.05) is 0 Å². The molecule has 0 saturated carbocycles. The number of alkyl halides is 3. The molecule has 1 atom stereocenters. The molecule has 24 heavy (non-hydrogen) atoms. The number of amides is 1. The van der Waals surface area contributed by atoms with Crippen molar-refractivity contribution in [2.24, 2.45) is 0 Å². The van der Waals surface area contributed by atoms with Crippen molar-refractivity contribution in [2.45, 2.75) is 12.3 Å². The van der Waals surface area contributed by atoms with Crippen LogP contribution in [0.5, 0.6) is 0 Å². The molecule has 1 aromatic heterocycles. The summed E-state index contributed by atoms with van der Waals surface area (Å²) in [5.41, 5.74) is -2.75. The predicted octanol–water partition coefficient (Wildman–Crippen LogP) is 2.67. The Hall–Kier alpha value is -2.88. The van der Waals surface area contributed by atoms with Gasteiger partial charge in [-0.05, 0) is 24.3 Å². The standard InChI is InChI=1S/C14H11F3N2O5/c15-14(16,17)8-3-4-9(10(6-8)19(22)23)13(21)18-7-11(20)12-2-1-5-24-12/h1-6,11,20H,7H2,(H,18,21). The van der Waals surface area contributed by atoms with E-state index in [1.165, 1.54) is 18.4 Å². The van der Waals surface area contributed by atoms with Crippen molar-refractivity contribution in [3.8, 4) is 0 Å². The molecule has 10 heteroatoms. The number of nitro benzene ring substituents is 1. The number of hydrogen-bond donors (Lipinski definition) is 2. The van der Waals surface area contributed by atoms with E-state index in [1.807, 2.05) is 0 Å². The Balaban J connectivity index is 2.18. The van der Waals surface area contributed by atoms with Crippen LogP contribution in [0.2, 0.25) is 0 Å². The Kier molecular flexibility index (Phi) is 4.88. The molecule has 0 bridgehead atoms. The zero-order valence-corrected chi connectivity index (χ0v) is 11.9. The number of nitro groups is 1. The Labute approximate surface area is 132 Å². The van der Waals surface area contributed by atoms with Gasteiger partial charge in [0, 0.05) is 6.07 Å². The number of benzene rings is 1. The van der Waals surface area contributed by atoms with Crippen molar-refractivity contribution in [2.75, 3.05) is 6.54 Å². The molecule has 0 aliphatic heterocycles. The molecule has 128 valence electrons. The number of nitrogens with one attached hydrogen (secondary N) is 1. The van der Waals surface area contributed by atoms with Gasteiger partial charge in [0.2, 0.25) is 0 Å². The normalized spacial score (nSPS) is 12.7. The van der Waals surface area contributed by atoms with Crippen LogP contribution in [0.25, 0.3) is 0 Å². The van der Waals surface area contributed by atoms with Gasteiger partial charge >= 0.3 is 6.18 Å². The third kappa shape index (κ3) is 3.90. The SMILES string of the molecule is O=C(NCC(O)c1ccco1)c1ccc(C(F)(F)F)cc1[N+](=O)[O-]. The molecule has 1 amide bonds. The fourth-order valence-corrected chi connectivity index (χ4v) is 1.92. The number of rotatable bonds is 5. The second-order valence-electron chi connectivity index (χ2n) is 4.73. The first-order valence-corrected chi connectivity index (χ1v) is 6.55. The molecule has 7 nitrogen and oxygen atoms in total. The van der Waals surface area contributed by atoms with Crippen molar-refractivity contribution < 1.29 is 32.4 Å². The molecule has 1 heterocycles. The lowest BCUT2D eigenvalue weighted by molar-refractivity contribution is -0.385. The van der Waals surface area contributed by atoms with E-state index in [9.17, 15) is 33.2 Å². The van der Waals surface area contributed by atoms with E-state index in [0.29, 0.717) is 6.07 Å². The maximum Gasteiger partial charge on any atom is 0.416 e. The number of aliphatic hydroxyl groups excluding tert-OH is 1. The second-order valence-corrected chi connectivity index (χ2v) is 4.73.